The van der Waals surface area contributed by atoms with Crippen molar-refractivity contribution >= 4 is 35.6 Å². The van der Waals surface area contributed by atoms with Gasteiger partial charge in [-0.25, -0.2) is 9.37 Å². The van der Waals surface area contributed by atoms with Crippen molar-refractivity contribution in [2.24, 2.45) is 0 Å². The van der Waals surface area contributed by atoms with Gasteiger partial charge >= 0.3 is 0 Å². The normalized spacial score (nSPS) is 11.2. The average molecular weight is 491 g/mol. The molecule has 4 aromatic rings. The summed E-state index contributed by atoms with van der Waals surface area (Å²) in [6.07, 6.45) is 3.51. The molecule has 0 aliphatic rings. The molecule has 178 valence electrons. The second-order valence-corrected chi connectivity index (χ2v) is 8.82. The van der Waals surface area contributed by atoms with Crippen LogP contribution in [0.4, 0.5) is 10.2 Å². The van der Waals surface area contributed by atoms with Gasteiger partial charge in [-0.15, -0.1) is 5.10 Å². The third kappa shape index (κ3) is 5.70. The van der Waals surface area contributed by atoms with Gasteiger partial charge in [-0.1, -0.05) is 23.9 Å². The van der Waals surface area contributed by atoms with Crippen molar-refractivity contribution in [3.8, 4) is 6.07 Å². The Morgan fingerprint density at radius 3 is 2.69 bits per heavy atom. The summed E-state index contributed by atoms with van der Waals surface area (Å²) in [5.41, 5.74) is 2.90. The Labute approximate surface area is 205 Å². The van der Waals surface area contributed by atoms with Crippen LogP contribution < -0.4 is 5.32 Å². The molecule has 0 aliphatic heterocycles. The first-order valence-electron chi connectivity index (χ1n) is 10.8. The Bertz CT molecular complexity index is 1430. The fourth-order valence-electron chi connectivity index (χ4n) is 3.50. The summed E-state index contributed by atoms with van der Waals surface area (Å²) < 4.78 is 20.6. The first-order chi connectivity index (χ1) is 16.8. The SMILES string of the molecule is Cc1ccc(/C=C/c2nc(SCC(=O)Nc3c(C#N)c(C)c(C)n3Cc3ccc(F)cc3)n[nH]2)o1. The number of aromatic amines is 1. The van der Waals surface area contributed by atoms with Crippen LogP contribution in [0.15, 0.2) is 46.0 Å². The molecule has 1 amide bonds. The topological polar surface area (TPSA) is 113 Å². The lowest BCUT2D eigenvalue weighted by Gasteiger charge is -2.13. The number of anilines is 1. The van der Waals surface area contributed by atoms with Gasteiger partial charge in [-0.2, -0.15) is 5.26 Å². The lowest BCUT2D eigenvalue weighted by Crippen LogP contribution is -2.18. The number of aryl methyl sites for hydroxylation is 1. The first-order valence-corrected chi connectivity index (χ1v) is 11.8. The van der Waals surface area contributed by atoms with E-state index in [0.29, 0.717) is 34.7 Å². The molecule has 8 nitrogen and oxygen atoms in total. The number of benzene rings is 1. The van der Waals surface area contributed by atoms with Gasteiger partial charge in [0.2, 0.25) is 11.1 Å². The van der Waals surface area contributed by atoms with Gasteiger partial charge in [0, 0.05) is 12.2 Å². The summed E-state index contributed by atoms with van der Waals surface area (Å²) in [6.45, 7) is 5.99. The number of carbonyl (C=O) groups is 1. The predicted molar refractivity (Wildman–Crippen MR) is 132 cm³/mol. The number of hydrogen-bond donors (Lipinski definition) is 2. The molecule has 10 heteroatoms. The maximum Gasteiger partial charge on any atom is 0.235 e. The molecule has 4 rings (SSSR count). The molecule has 1 aromatic carbocycles. The highest BCUT2D eigenvalue weighted by Crippen LogP contribution is 2.28. The molecule has 0 fully saturated rings. The molecule has 35 heavy (non-hydrogen) atoms. The number of hydrogen-bond acceptors (Lipinski definition) is 6. The summed E-state index contributed by atoms with van der Waals surface area (Å²) in [5, 5.41) is 19.9. The van der Waals surface area contributed by atoms with Crippen molar-refractivity contribution in [2.45, 2.75) is 32.5 Å². The molecule has 3 heterocycles. The molecule has 0 saturated carbocycles. The Morgan fingerprint density at radius 1 is 1.23 bits per heavy atom. The Kier molecular flexibility index (Phi) is 7.17. The van der Waals surface area contributed by atoms with Crippen LogP contribution in [0.3, 0.4) is 0 Å². The molecule has 0 unspecified atom stereocenters. The van der Waals surface area contributed by atoms with Crippen LogP contribution in [0.25, 0.3) is 12.2 Å². The van der Waals surface area contributed by atoms with Gasteiger partial charge in [0.1, 0.15) is 35.0 Å². The molecule has 3 aromatic heterocycles. The fourth-order valence-corrected chi connectivity index (χ4v) is 4.11. The number of H-pyrrole nitrogens is 1. The van der Waals surface area contributed by atoms with Crippen molar-refractivity contribution < 1.29 is 13.6 Å². The zero-order chi connectivity index (χ0) is 24.9. The van der Waals surface area contributed by atoms with Crippen LogP contribution in [0, 0.1) is 37.9 Å². The number of nitrogens with zero attached hydrogens (tertiary/aromatic N) is 4. The number of furan rings is 1. The largest absolute Gasteiger partial charge is 0.462 e. The summed E-state index contributed by atoms with van der Waals surface area (Å²) in [5.74, 6) is 1.92. The highest BCUT2D eigenvalue weighted by Gasteiger charge is 2.20. The van der Waals surface area contributed by atoms with E-state index in [4.69, 9.17) is 4.42 Å². The standard InChI is InChI=1S/C25H23FN6O2S/c1-15-4-9-20(34-15)10-11-22-28-25(31-30-22)35-14-23(33)29-24-21(12-27)16(2)17(3)32(24)13-18-5-7-19(26)8-6-18/h4-11H,13-14H2,1-3H3,(H,29,33)(H,28,30,31)/b11-10+. The van der Waals surface area contributed by atoms with Crippen molar-refractivity contribution in [3.05, 3.63) is 81.9 Å². The summed E-state index contributed by atoms with van der Waals surface area (Å²) in [7, 11) is 0. The van der Waals surface area contributed by atoms with Gasteiger partial charge in [0.25, 0.3) is 0 Å². The molecule has 0 bridgehead atoms. The minimum Gasteiger partial charge on any atom is -0.462 e. The number of amides is 1. The Hall–Kier alpha value is -4.10. The zero-order valence-electron chi connectivity index (χ0n) is 19.4. The number of rotatable bonds is 8. The predicted octanol–water partition coefficient (Wildman–Crippen LogP) is 5.08. The third-order valence-electron chi connectivity index (χ3n) is 5.43. The fraction of sp³-hybridized carbons (Fsp3) is 0.200. The number of nitriles is 1. The smallest absolute Gasteiger partial charge is 0.235 e. The molecule has 0 radical (unpaired) electrons. The number of aromatic nitrogens is 4. The van der Waals surface area contributed by atoms with Gasteiger partial charge in [-0.3, -0.25) is 9.89 Å². The van der Waals surface area contributed by atoms with Crippen LogP contribution in [-0.2, 0) is 11.3 Å². The molecular formula is C25H23FN6O2S. The van der Waals surface area contributed by atoms with Crippen LogP contribution in [0.5, 0.6) is 0 Å². The monoisotopic (exact) mass is 490 g/mol. The first kappa shape index (κ1) is 24.0. The zero-order valence-corrected chi connectivity index (χ0v) is 20.2. The van der Waals surface area contributed by atoms with Crippen molar-refractivity contribution in [2.75, 3.05) is 11.1 Å². The third-order valence-corrected chi connectivity index (χ3v) is 6.28. The van der Waals surface area contributed by atoms with E-state index in [1.165, 1.54) is 23.9 Å². The highest BCUT2D eigenvalue weighted by molar-refractivity contribution is 7.99. The molecule has 0 atom stereocenters. The van der Waals surface area contributed by atoms with E-state index in [0.717, 1.165) is 22.6 Å². The summed E-state index contributed by atoms with van der Waals surface area (Å²) in [4.78, 5) is 17.1. The van der Waals surface area contributed by atoms with E-state index in [9.17, 15) is 14.4 Å². The second-order valence-electron chi connectivity index (χ2n) is 7.88. The highest BCUT2D eigenvalue weighted by atomic mass is 32.2. The van der Waals surface area contributed by atoms with Gasteiger partial charge in [0.05, 0.1) is 11.3 Å². The number of carbonyl (C=O) groups excluding carboxylic acids is 1. The Morgan fingerprint density at radius 2 is 2.00 bits per heavy atom. The summed E-state index contributed by atoms with van der Waals surface area (Å²) >= 11 is 1.17. The van der Waals surface area contributed by atoms with E-state index < -0.39 is 0 Å². The lowest BCUT2D eigenvalue weighted by molar-refractivity contribution is -0.113. The number of thioether (sulfide) groups is 1. The quantitative estimate of drug-likeness (QED) is 0.333. The van der Waals surface area contributed by atoms with Crippen LogP contribution in [0.2, 0.25) is 0 Å². The van der Waals surface area contributed by atoms with E-state index in [2.05, 4.69) is 26.6 Å². The minimum absolute atomic E-state index is 0.0586. The average Bonchev–Trinajstić information content (AvgIpc) is 3.53. The maximum absolute atomic E-state index is 13.3. The van der Waals surface area contributed by atoms with E-state index in [1.54, 1.807) is 24.3 Å². The molecule has 2 N–H and O–H groups in total. The van der Waals surface area contributed by atoms with Crippen LogP contribution in [-0.4, -0.2) is 31.4 Å². The van der Waals surface area contributed by atoms with Crippen molar-refractivity contribution in [1.29, 1.82) is 5.26 Å². The van der Waals surface area contributed by atoms with Crippen molar-refractivity contribution in [3.63, 3.8) is 0 Å². The van der Waals surface area contributed by atoms with Gasteiger partial charge < -0.3 is 14.3 Å². The maximum atomic E-state index is 13.3. The van der Waals surface area contributed by atoms with E-state index in [1.807, 2.05) is 37.5 Å². The lowest BCUT2D eigenvalue weighted by atomic mass is 10.2. The Balaban J connectivity index is 1.43. The molecular weight excluding hydrogens is 467 g/mol. The minimum atomic E-state index is -0.320. The van der Waals surface area contributed by atoms with Crippen molar-refractivity contribution in [1.82, 2.24) is 19.7 Å². The summed E-state index contributed by atoms with van der Waals surface area (Å²) in [6, 6.07) is 12.0. The molecule has 0 aliphatic carbocycles. The second kappa shape index (κ2) is 10.4. The molecule has 0 spiro atoms. The number of halogens is 1. The van der Waals surface area contributed by atoms with Crippen LogP contribution in [0.1, 0.15) is 39.7 Å². The molecule has 0 saturated heterocycles. The van der Waals surface area contributed by atoms with Crippen LogP contribution >= 0.6 is 11.8 Å². The number of nitrogens with one attached hydrogen (secondary N) is 2. The van der Waals surface area contributed by atoms with Gasteiger partial charge in [0.15, 0.2) is 0 Å². The van der Waals surface area contributed by atoms with E-state index >= 15 is 0 Å². The van der Waals surface area contributed by atoms with E-state index in [-0.39, 0.29) is 17.5 Å². The van der Waals surface area contributed by atoms with Gasteiger partial charge in [-0.05, 0) is 68.3 Å².